The molecule has 1 aliphatic rings. The number of alkyl halides is 3. The second kappa shape index (κ2) is 9.36. The van der Waals surface area contributed by atoms with Gasteiger partial charge in [-0.05, 0) is 30.7 Å². The van der Waals surface area contributed by atoms with E-state index in [4.69, 9.17) is 0 Å². The number of carbonyl (C=O) groups excluding carboxylic acids is 2. The number of aromatic nitrogens is 1. The Morgan fingerprint density at radius 3 is 2.43 bits per heavy atom. The van der Waals surface area contributed by atoms with Crippen molar-refractivity contribution in [3.8, 4) is 0 Å². The molecule has 2 heterocycles. The highest BCUT2D eigenvalue weighted by atomic mass is 19.4. The fraction of sp³-hybridized carbons (Fsp3) is 0.381. The summed E-state index contributed by atoms with van der Waals surface area (Å²) in [6, 6.07) is 9.69. The first-order chi connectivity index (χ1) is 14.2. The van der Waals surface area contributed by atoms with Crippen LogP contribution in [-0.4, -0.2) is 59.2 Å². The molecule has 0 aliphatic carbocycles. The van der Waals surface area contributed by atoms with Gasteiger partial charge in [0.05, 0.1) is 6.54 Å². The van der Waals surface area contributed by atoms with Crippen molar-refractivity contribution in [2.75, 3.05) is 38.0 Å². The largest absolute Gasteiger partial charge is 0.433 e. The van der Waals surface area contributed by atoms with Gasteiger partial charge in [0.25, 0.3) is 0 Å². The molecule has 1 N–H and O–H groups in total. The van der Waals surface area contributed by atoms with Crippen LogP contribution in [0.3, 0.4) is 0 Å². The van der Waals surface area contributed by atoms with Crippen molar-refractivity contribution < 1.29 is 22.8 Å². The molecule has 1 saturated heterocycles. The normalized spacial score (nSPS) is 15.7. The minimum Gasteiger partial charge on any atom is -0.325 e. The summed E-state index contributed by atoms with van der Waals surface area (Å²) in [4.78, 5) is 31.1. The first kappa shape index (κ1) is 21.9. The molecule has 1 amide bonds. The molecule has 0 spiro atoms. The summed E-state index contributed by atoms with van der Waals surface area (Å²) in [6.07, 6.45) is -3.33. The first-order valence-corrected chi connectivity index (χ1v) is 9.59. The molecule has 2 aromatic rings. The van der Waals surface area contributed by atoms with Gasteiger partial charge in [-0.15, -0.1) is 0 Å². The highest BCUT2D eigenvalue weighted by Gasteiger charge is 2.35. The quantitative estimate of drug-likeness (QED) is 0.728. The Hall–Kier alpha value is -2.78. The predicted octanol–water partition coefficient (Wildman–Crippen LogP) is 3.06. The maximum atomic E-state index is 13.1. The van der Waals surface area contributed by atoms with Crippen molar-refractivity contribution in [3.63, 3.8) is 0 Å². The molecule has 0 bridgehead atoms. The molecule has 0 saturated carbocycles. The summed E-state index contributed by atoms with van der Waals surface area (Å²) < 4.78 is 39.3. The highest BCUT2D eigenvalue weighted by Crippen LogP contribution is 2.30. The molecule has 1 aliphatic heterocycles. The lowest BCUT2D eigenvalue weighted by molar-refractivity contribution is -0.142. The number of Topliss-reactive ketones (excluding diaryl/α,β-unsaturated/α-hetero) is 1. The van der Waals surface area contributed by atoms with Crippen LogP contribution in [0, 0.1) is 0 Å². The van der Waals surface area contributed by atoms with E-state index in [-0.39, 0.29) is 30.3 Å². The first-order valence-electron chi connectivity index (χ1n) is 9.59. The third-order valence-corrected chi connectivity index (χ3v) is 4.94. The summed E-state index contributed by atoms with van der Waals surface area (Å²) in [6.45, 7) is 4.06. The van der Waals surface area contributed by atoms with Crippen molar-refractivity contribution in [1.82, 2.24) is 14.8 Å². The van der Waals surface area contributed by atoms with Crippen molar-refractivity contribution in [2.45, 2.75) is 19.6 Å². The van der Waals surface area contributed by atoms with E-state index in [0.717, 1.165) is 6.20 Å². The molecule has 0 radical (unpaired) electrons. The van der Waals surface area contributed by atoms with E-state index in [1.807, 2.05) is 9.80 Å². The number of hydrogen-bond acceptors (Lipinski definition) is 5. The Balaban J connectivity index is 1.50. The van der Waals surface area contributed by atoms with E-state index in [2.05, 4.69) is 10.3 Å². The number of benzene rings is 1. The molecule has 160 valence electrons. The Bertz CT molecular complexity index is 909. The zero-order valence-corrected chi connectivity index (χ0v) is 16.6. The molecule has 1 aromatic heterocycles. The number of carbonyl (C=O) groups is 2. The standard InChI is InChI=1S/C21H23F3N4O2/c1-15(29)16-4-2-6-18(12-16)26-19(30)14-28-10-8-27(9-11-28)13-17-5-3-7-25-20(17)21(22,23)24/h2-7,12H,8-11,13-14H2,1H3,(H,26,30). The Morgan fingerprint density at radius 1 is 1.07 bits per heavy atom. The Labute approximate surface area is 172 Å². The molecule has 0 atom stereocenters. The lowest BCUT2D eigenvalue weighted by atomic mass is 10.1. The third kappa shape index (κ3) is 5.87. The van der Waals surface area contributed by atoms with Gasteiger partial charge in [-0.2, -0.15) is 13.2 Å². The number of piperazine rings is 1. The second-order valence-corrected chi connectivity index (χ2v) is 7.25. The van der Waals surface area contributed by atoms with Crippen LogP contribution in [0.15, 0.2) is 42.6 Å². The number of pyridine rings is 1. The summed E-state index contributed by atoms with van der Waals surface area (Å²) in [5.41, 5.74) is 0.388. The van der Waals surface area contributed by atoms with E-state index in [0.29, 0.717) is 37.4 Å². The van der Waals surface area contributed by atoms with Gasteiger partial charge in [0.15, 0.2) is 5.78 Å². The molecule has 0 unspecified atom stereocenters. The fourth-order valence-corrected chi connectivity index (χ4v) is 3.39. The average molecular weight is 420 g/mol. The van der Waals surface area contributed by atoms with Crippen LogP contribution in [0.4, 0.5) is 18.9 Å². The molecule has 6 nitrogen and oxygen atoms in total. The van der Waals surface area contributed by atoms with Crippen molar-refractivity contribution in [1.29, 1.82) is 0 Å². The molecule has 1 aromatic carbocycles. The van der Waals surface area contributed by atoms with Crippen LogP contribution < -0.4 is 5.32 Å². The summed E-state index contributed by atoms with van der Waals surface area (Å²) in [7, 11) is 0. The zero-order chi connectivity index (χ0) is 21.7. The van der Waals surface area contributed by atoms with Crippen LogP contribution >= 0.6 is 0 Å². The van der Waals surface area contributed by atoms with Crippen molar-refractivity contribution >= 4 is 17.4 Å². The fourth-order valence-electron chi connectivity index (χ4n) is 3.39. The Morgan fingerprint density at radius 2 is 1.77 bits per heavy atom. The van der Waals surface area contributed by atoms with E-state index < -0.39 is 11.9 Å². The molecule has 9 heteroatoms. The lowest BCUT2D eigenvalue weighted by Crippen LogP contribution is -2.48. The van der Waals surface area contributed by atoms with Gasteiger partial charge in [-0.25, -0.2) is 0 Å². The number of nitrogens with zero attached hydrogens (tertiary/aromatic N) is 3. The predicted molar refractivity (Wildman–Crippen MR) is 106 cm³/mol. The van der Waals surface area contributed by atoms with Gasteiger partial charge in [0.1, 0.15) is 5.69 Å². The average Bonchev–Trinajstić information content (AvgIpc) is 2.69. The number of amides is 1. The van der Waals surface area contributed by atoms with Gasteiger partial charge in [-0.1, -0.05) is 18.2 Å². The molecular weight excluding hydrogens is 397 g/mol. The van der Waals surface area contributed by atoms with E-state index >= 15 is 0 Å². The van der Waals surface area contributed by atoms with Crippen LogP contribution in [0.5, 0.6) is 0 Å². The topological polar surface area (TPSA) is 65.5 Å². The van der Waals surface area contributed by atoms with E-state index in [9.17, 15) is 22.8 Å². The number of ketones is 1. The minimum absolute atomic E-state index is 0.0792. The monoisotopic (exact) mass is 420 g/mol. The smallest absolute Gasteiger partial charge is 0.325 e. The van der Waals surface area contributed by atoms with Gasteiger partial charge < -0.3 is 5.32 Å². The minimum atomic E-state index is -4.48. The van der Waals surface area contributed by atoms with Crippen LogP contribution in [0.2, 0.25) is 0 Å². The van der Waals surface area contributed by atoms with Crippen molar-refractivity contribution in [2.24, 2.45) is 0 Å². The van der Waals surface area contributed by atoms with Gasteiger partial charge in [-0.3, -0.25) is 24.4 Å². The number of anilines is 1. The van der Waals surface area contributed by atoms with E-state index in [1.165, 1.54) is 19.1 Å². The van der Waals surface area contributed by atoms with Gasteiger partial charge >= 0.3 is 6.18 Å². The van der Waals surface area contributed by atoms with Crippen molar-refractivity contribution in [3.05, 3.63) is 59.4 Å². The number of halogens is 3. The zero-order valence-electron chi connectivity index (χ0n) is 16.6. The number of nitrogens with one attached hydrogen (secondary N) is 1. The van der Waals surface area contributed by atoms with Crippen LogP contribution in [0.25, 0.3) is 0 Å². The van der Waals surface area contributed by atoms with Crippen LogP contribution in [0.1, 0.15) is 28.5 Å². The maximum Gasteiger partial charge on any atom is 0.433 e. The van der Waals surface area contributed by atoms with Crippen LogP contribution in [-0.2, 0) is 17.5 Å². The molecular formula is C21H23F3N4O2. The number of rotatable bonds is 6. The SMILES string of the molecule is CC(=O)c1cccc(NC(=O)CN2CCN(Cc3cccnc3C(F)(F)F)CC2)c1. The Kier molecular flexibility index (Phi) is 6.84. The summed E-state index contributed by atoms with van der Waals surface area (Å²) >= 11 is 0. The summed E-state index contributed by atoms with van der Waals surface area (Å²) in [5.74, 6) is -0.278. The van der Waals surface area contributed by atoms with Gasteiger partial charge in [0.2, 0.25) is 5.91 Å². The maximum absolute atomic E-state index is 13.1. The molecule has 1 fully saturated rings. The second-order valence-electron chi connectivity index (χ2n) is 7.25. The molecule has 3 rings (SSSR count). The lowest BCUT2D eigenvalue weighted by Gasteiger charge is -2.34. The van der Waals surface area contributed by atoms with E-state index in [1.54, 1.807) is 24.3 Å². The number of hydrogen-bond donors (Lipinski definition) is 1. The third-order valence-electron chi connectivity index (χ3n) is 4.94. The summed E-state index contributed by atoms with van der Waals surface area (Å²) in [5, 5.41) is 2.78. The molecule has 30 heavy (non-hydrogen) atoms. The highest BCUT2D eigenvalue weighted by molar-refractivity contribution is 5.97. The van der Waals surface area contributed by atoms with Gasteiger partial charge in [0, 0.05) is 50.2 Å².